The number of halogens is 2. The van der Waals surface area contributed by atoms with Crippen LogP contribution in [0.4, 0.5) is 0 Å². The molecule has 0 saturated carbocycles. The highest BCUT2D eigenvalue weighted by Crippen LogP contribution is 2.34. The fourth-order valence-corrected chi connectivity index (χ4v) is 1.36. The van der Waals surface area contributed by atoms with E-state index in [1.807, 2.05) is 0 Å². The van der Waals surface area contributed by atoms with Gasteiger partial charge in [0.2, 0.25) is 5.91 Å². The van der Waals surface area contributed by atoms with E-state index in [1.165, 1.54) is 6.92 Å². The largest absolute Gasteiger partial charge is 0.383 e. The van der Waals surface area contributed by atoms with Gasteiger partial charge >= 0.3 is 3.36 Å². The van der Waals surface area contributed by atoms with Crippen LogP contribution >= 0.6 is 31.9 Å². The molecule has 0 aromatic heterocycles. The van der Waals surface area contributed by atoms with Gasteiger partial charge in [0.05, 0.1) is 10.8 Å². The summed E-state index contributed by atoms with van der Waals surface area (Å²) in [7, 11) is 0. The molecule has 8 heteroatoms. The highest BCUT2D eigenvalue weighted by atomic mass is 79.9. The van der Waals surface area contributed by atoms with Gasteiger partial charge < -0.3 is 10.8 Å². The third kappa shape index (κ3) is 2.89. The smallest absolute Gasteiger partial charge is 0.352 e. The number of primary amides is 1. The van der Waals surface area contributed by atoms with Gasteiger partial charge in [-0.3, -0.25) is 14.9 Å². The van der Waals surface area contributed by atoms with Crippen molar-refractivity contribution >= 4 is 37.8 Å². The van der Waals surface area contributed by atoms with Crippen molar-refractivity contribution in [3.05, 3.63) is 10.1 Å². The van der Waals surface area contributed by atoms with E-state index in [4.69, 9.17) is 5.73 Å². The third-order valence-electron chi connectivity index (χ3n) is 1.52. The number of nitro groups is 1. The van der Waals surface area contributed by atoms with Crippen LogP contribution in [0.15, 0.2) is 0 Å². The minimum absolute atomic E-state index is 0.795. The average molecular weight is 320 g/mol. The maximum atomic E-state index is 10.6. The van der Waals surface area contributed by atoms with E-state index in [-0.39, 0.29) is 0 Å². The van der Waals surface area contributed by atoms with Crippen LogP contribution in [0.3, 0.4) is 0 Å². The molecule has 2 atom stereocenters. The van der Waals surface area contributed by atoms with Crippen molar-refractivity contribution in [1.29, 1.82) is 0 Å². The number of amides is 1. The minimum Gasteiger partial charge on any atom is -0.383 e. The fourth-order valence-electron chi connectivity index (χ4n) is 0.564. The van der Waals surface area contributed by atoms with E-state index < -0.39 is 26.2 Å². The van der Waals surface area contributed by atoms with Gasteiger partial charge in [0.25, 0.3) is 0 Å². The van der Waals surface area contributed by atoms with Gasteiger partial charge in [0.1, 0.15) is 0 Å². The number of aliphatic hydroxyl groups is 1. The molecule has 0 aliphatic rings. The van der Waals surface area contributed by atoms with E-state index in [1.54, 1.807) is 0 Å². The Bertz CT molecular complexity index is 233. The second kappa shape index (κ2) is 4.34. The molecule has 0 aliphatic heterocycles. The van der Waals surface area contributed by atoms with Crippen LogP contribution in [0.5, 0.6) is 0 Å². The van der Waals surface area contributed by atoms with E-state index >= 15 is 0 Å². The number of hydrogen-bond acceptors (Lipinski definition) is 4. The summed E-state index contributed by atoms with van der Waals surface area (Å²) in [5, 5.41) is 19.7. The maximum Gasteiger partial charge on any atom is 0.352 e. The second-order valence-electron chi connectivity index (χ2n) is 2.48. The van der Waals surface area contributed by atoms with Crippen molar-refractivity contribution in [2.24, 2.45) is 11.7 Å². The molecule has 1 amide bonds. The molecule has 0 rings (SSSR count). The first-order valence-corrected chi connectivity index (χ1v) is 4.79. The quantitative estimate of drug-likeness (QED) is 0.334. The van der Waals surface area contributed by atoms with Gasteiger partial charge in [-0.05, 0) is 0 Å². The van der Waals surface area contributed by atoms with Crippen LogP contribution in [0.1, 0.15) is 6.92 Å². The number of aliphatic hydroxyl groups excluding tert-OH is 1. The summed E-state index contributed by atoms with van der Waals surface area (Å²) in [6, 6.07) is 0. The topological polar surface area (TPSA) is 106 Å². The molecule has 2 unspecified atom stereocenters. The van der Waals surface area contributed by atoms with E-state index in [0.29, 0.717) is 0 Å². The van der Waals surface area contributed by atoms with E-state index in [9.17, 15) is 20.0 Å². The Balaban J connectivity index is 4.67. The molecule has 0 fully saturated rings. The predicted octanol–water partition coefficient (Wildman–Crippen LogP) is 0.189. The van der Waals surface area contributed by atoms with E-state index in [0.717, 1.165) is 0 Å². The maximum absolute atomic E-state index is 10.6. The van der Waals surface area contributed by atoms with E-state index in [2.05, 4.69) is 31.9 Å². The third-order valence-corrected chi connectivity index (χ3v) is 3.04. The summed E-state index contributed by atoms with van der Waals surface area (Å²) >= 11 is 5.28. The molecule has 6 nitrogen and oxygen atoms in total. The lowest BCUT2D eigenvalue weighted by Gasteiger charge is -2.21. The summed E-state index contributed by atoms with van der Waals surface area (Å²) in [5.41, 5.74) is 4.87. The molecule has 0 aliphatic carbocycles. The minimum atomic E-state index is -1.94. The Hall–Kier alpha value is -0.210. The molecule has 0 heterocycles. The van der Waals surface area contributed by atoms with Crippen LogP contribution in [-0.4, -0.2) is 25.4 Å². The zero-order valence-corrected chi connectivity index (χ0v) is 9.78. The lowest BCUT2D eigenvalue weighted by Crippen LogP contribution is -2.46. The number of hydrogen-bond donors (Lipinski definition) is 2. The zero-order chi connectivity index (χ0) is 10.8. The molecule has 0 radical (unpaired) electrons. The van der Waals surface area contributed by atoms with Gasteiger partial charge in [-0.2, -0.15) is 0 Å². The first-order valence-electron chi connectivity index (χ1n) is 3.21. The Labute approximate surface area is 90.9 Å². The molecule has 0 spiro atoms. The lowest BCUT2D eigenvalue weighted by atomic mass is 10.0. The normalized spacial score (nSPS) is 16.3. The molecule has 13 heavy (non-hydrogen) atoms. The van der Waals surface area contributed by atoms with Crippen molar-refractivity contribution < 1.29 is 14.8 Å². The number of carbonyl (C=O) groups is 1. The SMILES string of the molecule is CC(C(N)=O)C(O)C(Br)(Br)[N+](=O)[O-]. The molecule has 76 valence electrons. The number of rotatable bonds is 4. The molecule has 3 N–H and O–H groups in total. The summed E-state index contributed by atoms with van der Waals surface area (Å²) < 4.78 is -1.94. The second-order valence-corrected chi connectivity index (χ2v) is 5.96. The van der Waals surface area contributed by atoms with Crippen LogP contribution < -0.4 is 5.73 Å². The van der Waals surface area contributed by atoms with Crippen LogP contribution in [0.2, 0.25) is 0 Å². The monoisotopic (exact) mass is 318 g/mol. The predicted molar refractivity (Wildman–Crippen MR) is 51.9 cm³/mol. The number of nitrogens with zero attached hydrogens (tertiary/aromatic N) is 1. The van der Waals surface area contributed by atoms with Gasteiger partial charge in [0, 0.05) is 31.9 Å². The standard InChI is InChI=1S/C5H8Br2N2O4/c1-2(4(8)11)3(10)5(6,7)9(12)13/h2-3,10H,1H3,(H2,8,11). The summed E-state index contributed by atoms with van der Waals surface area (Å²) in [5.74, 6) is -1.83. The van der Waals surface area contributed by atoms with Crippen molar-refractivity contribution in [2.75, 3.05) is 0 Å². The molecular weight excluding hydrogens is 312 g/mol. The van der Waals surface area contributed by atoms with Gasteiger partial charge in [0.15, 0.2) is 6.10 Å². The van der Waals surface area contributed by atoms with Crippen LogP contribution in [0, 0.1) is 16.0 Å². The van der Waals surface area contributed by atoms with Crippen LogP contribution in [-0.2, 0) is 4.79 Å². The lowest BCUT2D eigenvalue weighted by molar-refractivity contribution is -0.517. The molecule has 0 aromatic carbocycles. The van der Waals surface area contributed by atoms with Crippen molar-refractivity contribution in [1.82, 2.24) is 0 Å². The first kappa shape index (κ1) is 12.8. The van der Waals surface area contributed by atoms with Crippen molar-refractivity contribution in [3.8, 4) is 0 Å². The van der Waals surface area contributed by atoms with Crippen LogP contribution in [0.25, 0.3) is 0 Å². The first-order chi connectivity index (χ1) is 5.71. The Morgan fingerprint density at radius 2 is 2.08 bits per heavy atom. The zero-order valence-electron chi connectivity index (χ0n) is 6.61. The summed E-state index contributed by atoms with van der Waals surface area (Å²) in [6.07, 6.45) is -1.54. The number of alkyl halides is 2. The van der Waals surface area contributed by atoms with Gasteiger partial charge in [-0.15, -0.1) is 0 Å². The summed E-state index contributed by atoms with van der Waals surface area (Å²) in [4.78, 5) is 20.2. The van der Waals surface area contributed by atoms with Gasteiger partial charge in [-0.25, -0.2) is 0 Å². The average Bonchev–Trinajstić information content (AvgIpc) is 2.01. The van der Waals surface area contributed by atoms with Crippen molar-refractivity contribution in [3.63, 3.8) is 0 Å². The number of nitrogens with two attached hydrogens (primary N) is 1. The Morgan fingerprint density at radius 3 is 2.31 bits per heavy atom. The molecule has 0 saturated heterocycles. The fraction of sp³-hybridized carbons (Fsp3) is 0.800. The van der Waals surface area contributed by atoms with Gasteiger partial charge in [-0.1, -0.05) is 6.92 Å². The number of carbonyl (C=O) groups excluding carboxylic acids is 1. The highest BCUT2D eigenvalue weighted by Gasteiger charge is 2.49. The molecule has 0 aromatic rings. The van der Waals surface area contributed by atoms with Crippen molar-refractivity contribution in [2.45, 2.75) is 16.4 Å². The Kier molecular flexibility index (Phi) is 4.27. The highest BCUT2D eigenvalue weighted by molar-refractivity contribution is 9.25. The molecule has 0 bridgehead atoms. The molecular formula is C5H8Br2N2O4. The Morgan fingerprint density at radius 1 is 1.69 bits per heavy atom. The summed E-state index contributed by atoms with van der Waals surface area (Å²) in [6.45, 7) is 1.30.